The Morgan fingerprint density at radius 3 is 2.56 bits per heavy atom. The Bertz CT molecular complexity index is 1320. The predicted octanol–water partition coefficient (Wildman–Crippen LogP) is 4.96. The fraction of sp³-hybridized carbons (Fsp3) is 0.286. The first-order valence-electron chi connectivity index (χ1n) is 12.2. The predicted molar refractivity (Wildman–Crippen MR) is 137 cm³/mol. The van der Waals surface area contributed by atoms with E-state index in [-0.39, 0.29) is 17.8 Å². The second-order valence-electron chi connectivity index (χ2n) is 9.28. The van der Waals surface area contributed by atoms with E-state index in [4.69, 9.17) is 4.98 Å². The van der Waals surface area contributed by atoms with Crippen molar-refractivity contribution in [3.05, 3.63) is 95.8 Å². The molecule has 1 saturated heterocycles. The molecule has 1 aliphatic heterocycles. The summed E-state index contributed by atoms with van der Waals surface area (Å²) in [7, 11) is 3.79. The van der Waals surface area contributed by atoms with Crippen LogP contribution < -0.4 is 4.90 Å². The molecular formula is C28H29FN6O. The van der Waals surface area contributed by atoms with Crippen LogP contribution in [0, 0.1) is 5.82 Å². The molecule has 1 fully saturated rings. The Balaban J connectivity index is 1.47. The van der Waals surface area contributed by atoms with Crippen molar-refractivity contribution in [2.75, 3.05) is 25.5 Å². The number of carbonyl (C=O) groups is 1. The second-order valence-corrected chi connectivity index (χ2v) is 9.28. The van der Waals surface area contributed by atoms with Crippen LogP contribution in [0.25, 0.3) is 11.1 Å². The summed E-state index contributed by atoms with van der Waals surface area (Å²) in [6, 6.07) is 15.8. The fourth-order valence-electron chi connectivity index (χ4n) is 4.67. The van der Waals surface area contributed by atoms with Crippen LogP contribution in [-0.2, 0) is 6.54 Å². The summed E-state index contributed by atoms with van der Waals surface area (Å²) in [6.45, 7) is 1.31. The summed E-state index contributed by atoms with van der Waals surface area (Å²) in [4.78, 5) is 26.9. The highest BCUT2D eigenvalue weighted by molar-refractivity contribution is 5.94. The summed E-state index contributed by atoms with van der Waals surface area (Å²) >= 11 is 0. The molecule has 7 nitrogen and oxygen atoms in total. The van der Waals surface area contributed by atoms with Gasteiger partial charge in [0.1, 0.15) is 5.82 Å². The number of benzene rings is 2. The molecule has 5 rings (SSSR count). The molecule has 0 radical (unpaired) electrons. The third kappa shape index (κ3) is 4.98. The number of hydrogen-bond donors (Lipinski definition) is 0. The van der Waals surface area contributed by atoms with Crippen molar-refractivity contribution in [2.24, 2.45) is 0 Å². The van der Waals surface area contributed by atoms with E-state index in [2.05, 4.69) is 10.1 Å². The number of piperidine rings is 1. The molecule has 36 heavy (non-hydrogen) atoms. The molecule has 0 spiro atoms. The van der Waals surface area contributed by atoms with Crippen LogP contribution in [0.3, 0.4) is 0 Å². The smallest absolute Gasteiger partial charge is 0.254 e. The number of hydrogen-bond acceptors (Lipinski definition) is 5. The number of halogens is 1. The highest BCUT2D eigenvalue weighted by Gasteiger charge is 2.32. The monoisotopic (exact) mass is 484 g/mol. The van der Waals surface area contributed by atoms with Crippen LogP contribution in [0.2, 0.25) is 0 Å². The standard InChI is InChI=1S/C28H29FN6O/c1-33(2)28-30-18-24(21-11-13-23(29)14-12-21)26(32-28)25-6-3-4-17-35(25)27(36)22-9-7-20(8-10-22)19-34-16-5-15-31-34/h5,7-16,18,25H,3-4,6,17,19H2,1-2H3/t25-/m0/s1. The van der Waals surface area contributed by atoms with Gasteiger partial charge in [0, 0.05) is 50.4 Å². The number of amides is 1. The van der Waals surface area contributed by atoms with Gasteiger partial charge in [-0.3, -0.25) is 9.48 Å². The van der Waals surface area contributed by atoms with Crippen LogP contribution >= 0.6 is 0 Å². The summed E-state index contributed by atoms with van der Waals surface area (Å²) in [5.41, 5.74) is 4.17. The molecule has 2 aromatic heterocycles. The van der Waals surface area contributed by atoms with E-state index in [1.165, 1.54) is 12.1 Å². The summed E-state index contributed by atoms with van der Waals surface area (Å²) in [5.74, 6) is 0.272. The third-order valence-electron chi connectivity index (χ3n) is 6.54. The molecule has 0 aliphatic carbocycles. The number of nitrogens with zero attached hydrogens (tertiary/aromatic N) is 6. The first-order valence-corrected chi connectivity index (χ1v) is 12.2. The van der Waals surface area contributed by atoms with Gasteiger partial charge in [-0.1, -0.05) is 24.3 Å². The molecule has 1 aliphatic rings. The van der Waals surface area contributed by atoms with Crippen molar-refractivity contribution in [1.29, 1.82) is 0 Å². The van der Waals surface area contributed by atoms with Crippen molar-refractivity contribution in [3.63, 3.8) is 0 Å². The van der Waals surface area contributed by atoms with Crippen LogP contribution in [0.5, 0.6) is 0 Å². The minimum absolute atomic E-state index is 0.0135. The van der Waals surface area contributed by atoms with Crippen LogP contribution in [0.15, 0.2) is 73.2 Å². The van der Waals surface area contributed by atoms with Crippen molar-refractivity contribution >= 4 is 11.9 Å². The average molecular weight is 485 g/mol. The zero-order valence-electron chi connectivity index (χ0n) is 20.5. The van der Waals surface area contributed by atoms with Crippen molar-refractivity contribution in [3.8, 4) is 11.1 Å². The van der Waals surface area contributed by atoms with Gasteiger partial charge in [-0.25, -0.2) is 14.4 Å². The number of rotatable bonds is 6. The molecule has 0 N–H and O–H groups in total. The lowest BCUT2D eigenvalue weighted by Crippen LogP contribution is -2.39. The Kier molecular flexibility index (Phi) is 6.75. The highest BCUT2D eigenvalue weighted by Crippen LogP contribution is 2.37. The molecule has 184 valence electrons. The Labute approximate surface area is 210 Å². The summed E-state index contributed by atoms with van der Waals surface area (Å²) in [5, 5.41) is 4.25. The minimum Gasteiger partial charge on any atom is -0.347 e. The number of carbonyl (C=O) groups excluding carboxylic acids is 1. The van der Waals surface area contributed by atoms with Crippen molar-refractivity contribution in [2.45, 2.75) is 31.8 Å². The van der Waals surface area contributed by atoms with E-state index >= 15 is 0 Å². The maximum Gasteiger partial charge on any atom is 0.254 e. The first-order chi connectivity index (χ1) is 17.5. The Morgan fingerprint density at radius 2 is 1.86 bits per heavy atom. The van der Waals surface area contributed by atoms with Gasteiger partial charge in [0.05, 0.1) is 18.3 Å². The van der Waals surface area contributed by atoms with E-state index in [0.717, 1.165) is 41.6 Å². The number of aromatic nitrogens is 4. The lowest BCUT2D eigenvalue weighted by molar-refractivity contribution is 0.0607. The van der Waals surface area contributed by atoms with E-state index in [0.29, 0.717) is 24.6 Å². The topological polar surface area (TPSA) is 67.2 Å². The third-order valence-corrected chi connectivity index (χ3v) is 6.54. The quantitative estimate of drug-likeness (QED) is 0.387. The molecular weight excluding hydrogens is 455 g/mol. The van der Waals surface area contributed by atoms with Gasteiger partial charge in [-0.15, -0.1) is 0 Å². The van der Waals surface area contributed by atoms with E-state index < -0.39 is 0 Å². The van der Waals surface area contributed by atoms with Gasteiger partial charge >= 0.3 is 0 Å². The average Bonchev–Trinajstić information content (AvgIpc) is 3.42. The molecule has 8 heteroatoms. The lowest BCUT2D eigenvalue weighted by Gasteiger charge is -2.36. The van der Waals surface area contributed by atoms with Gasteiger partial charge in [0.2, 0.25) is 5.95 Å². The van der Waals surface area contributed by atoms with E-state index in [9.17, 15) is 9.18 Å². The molecule has 0 unspecified atom stereocenters. The molecule has 0 saturated carbocycles. The van der Waals surface area contributed by atoms with E-state index in [1.807, 2.05) is 65.1 Å². The maximum absolute atomic E-state index is 13.7. The van der Waals surface area contributed by atoms with Gasteiger partial charge in [0.15, 0.2) is 0 Å². The van der Waals surface area contributed by atoms with Crippen molar-refractivity contribution < 1.29 is 9.18 Å². The summed E-state index contributed by atoms with van der Waals surface area (Å²) < 4.78 is 15.5. The molecule has 3 heterocycles. The SMILES string of the molecule is CN(C)c1ncc(-c2ccc(F)cc2)c([C@@H]2CCCCN2C(=O)c2ccc(Cn3cccn3)cc2)n1. The van der Waals surface area contributed by atoms with Crippen LogP contribution in [0.4, 0.5) is 10.3 Å². The Hall–Kier alpha value is -4.07. The number of anilines is 1. The van der Waals surface area contributed by atoms with Crippen molar-refractivity contribution in [1.82, 2.24) is 24.6 Å². The zero-order chi connectivity index (χ0) is 25.1. The van der Waals surface area contributed by atoms with Gasteiger partial charge in [-0.05, 0) is 60.7 Å². The minimum atomic E-state index is -0.295. The molecule has 2 aromatic carbocycles. The van der Waals surface area contributed by atoms with Crippen LogP contribution in [-0.4, -0.2) is 51.2 Å². The fourth-order valence-corrected chi connectivity index (χ4v) is 4.67. The zero-order valence-corrected chi connectivity index (χ0v) is 20.5. The maximum atomic E-state index is 13.7. The van der Waals surface area contributed by atoms with Crippen LogP contribution in [0.1, 0.15) is 46.9 Å². The normalized spacial score (nSPS) is 15.6. The van der Waals surface area contributed by atoms with Gasteiger partial charge in [0.25, 0.3) is 5.91 Å². The largest absolute Gasteiger partial charge is 0.347 e. The molecule has 1 amide bonds. The van der Waals surface area contributed by atoms with Gasteiger partial charge in [-0.2, -0.15) is 5.10 Å². The Morgan fingerprint density at radius 1 is 1.08 bits per heavy atom. The van der Waals surface area contributed by atoms with Gasteiger partial charge < -0.3 is 9.80 Å². The molecule has 1 atom stereocenters. The lowest BCUT2D eigenvalue weighted by atomic mass is 9.93. The molecule has 0 bridgehead atoms. The second kappa shape index (κ2) is 10.3. The number of likely N-dealkylation sites (tertiary alicyclic amines) is 1. The van der Waals surface area contributed by atoms with E-state index in [1.54, 1.807) is 24.5 Å². The molecule has 4 aromatic rings. The first kappa shape index (κ1) is 23.7. The highest BCUT2D eigenvalue weighted by atomic mass is 19.1. The summed E-state index contributed by atoms with van der Waals surface area (Å²) in [6.07, 6.45) is 8.20.